The Labute approximate surface area is 130 Å². The highest BCUT2D eigenvalue weighted by Crippen LogP contribution is 2.29. The van der Waals surface area contributed by atoms with Crippen molar-refractivity contribution in [3.8, 4) is 0 Å². The molecule has 0 atom stereocenters. The van der Waals surface area contributed by atoms with Gasteiger partial charge < -0.3 is 0 Å². The average Bonchev–Trinajstić information content (AvgIpc) is 2.90. The van der Waals surface area contributed by atoms with Gasteiger partial charge in [-0.25, -0.2) is 9.97 Å². The second-order valence-electron chi connectivity index (χ2n) is 5.34. The van der Waals surface area contributed by atoms with E-state index >= 15 is 0 Å². The molecule has 0 amide bonds. The fourth-order valence-electron chi connectivity index (χ4n) is 3.04. The zero-order chi connectivity index (χ0) is 14.7. The third kappa shape index (κ3) is 1.51. The summed E-state index contributed by atoms with van der Waals surface area (Å²) >= 11 is 6.39. The maximum atomic E-state index is 6.39. The number of rotatable bonds is 0. The van der Waals surface area contributed by atoms with Crippen LogP contribution in [0.15, 0.2) is 60.7 Å². The average molecular weight is 304 g/mol. The molecule has 0 saturated heterocycles. The minimum Gasteiger partial charge on any atom is -0.290 e. The van der Waals surface area contributed by atoms with E-state index in [0.29, 0.717) is 5.02 Å². The minimum absolute atomic E-state index is 0.711. The van der Waals surface area contributed by atoms with Gasteiger partial charge in [0.05, 0.1) is 21.6 Å². The third-order valence-electron chi connectivity index (χ3n) is 4.03. The molecule has 5 aromatic rings. The van der Waals surface area contributed by atoms with Gasteiger partial charge in [0.2, 0.25) is 0 Å². The van der Waals surface area contributed by atoms with Crippen molar-refractivity contribution in [1.82, 2.24) is 14.4 Å². The molecule has 0 saturated carbocycles. The lowest BCUT2D eigenvalue weighted by molar-refractivity contribution is 1.30. The molecule has 3 nitrogen and oxygen atoms in total. The first-order valence-electron chi connectivity index (χ1n) is 7.06. The van der Waals surface area contributed by atoms with Gasteiger partial charge in [-0.3, -0.25) is 4.40 Å². The normalized spacial score (nSPS) is 11.9. The molecule has 3 heterocycles. The van der Waals surface area contributed by atoms with Crippen LogP contribution in [0, 0.1) is 0 Å². The van der Waals surface area contributed by atoms with Gasteiger partial charge in [0.25, 0.3) is 0 Å². The summed E-state index contributed by atoms with van der Waals surface area (Å²) in [6, 6.07) is 20.2. The number of pyridine rings is 2. The number of halogens is 1. The van der Waals surface area contributed by atoms with Crippen molar-refractivity contribution in [3.05, 3.63) is 65.7 Å². The van der Waals surface area contributed by atoms with Crippen LogP contribution in [0.25, 0.3) is 38.6 Å². The lowest BCUT2D eigenvalue weighted by Gasteiger charge is -2.05. The zero-order valence-electron chi connectivity index (χ0n) is 11.5. The molecule has 104 valence electrons. The molecule has 0 bridgehead atoms. The molecule has 0 unspecified atom stereocenters. The standard InChI is InChI=1S/C18H10ClN3/c19-13-10-17-21-18-16(9-11-5-1-3-7-14(11)20-18)22(17)15-8-4-2-6-12(13)15/h1-10H. The summed E-state index contributed by atoms with van der Waals surface area (Å²) in [6.07, 6.45) is 0. The Kier molecular flexibility index (Phi) is 2.27. The van der Waals surface area contributed by atoms with Crippen molar-refractivity contribution in [2.45, 2.75) is 0 Å². The van der Waals surface area contributed by atoms with E-state index in [-0.39, 0.29) is 0 Å². The minimum atomic E-state index is 0.711. The highest BCUT2D eigenvalue weighted by molar-refractivity contribution is 6.35. The fourth-order valence-corrected chi connectivity index (χ4v) is 3.29. The number of hydrogen-bond acceptors (Lipinski definition) is 2. The molecule has 22 heavy (non-hydrogen) atoms. The molecule has 5 rings (SSSR count). The van der Waals surface area contributed by atoms with Gasteiger partial charge in [-0.1, -0.05) is 48.0 Å². The maximum absolute atomic E-state index is 6.39. The Morgan fingerprint density at radius 2 is 1.64 bits per heavy atom. The molecule has 0 fully saturated rings. The molecule has 0 aliphatic carbocycles. The zero-order valence-corrected chi connectivity index (χ0v) is 12.2. The van der Waals surface area contributed by atoms with Crippen molar-refractivity contribution in [2.75, 3.05) is 0 Å². The van der Waals surface area contributed by atoms with Gasteiger partial charge >= 0.3 is 0 Å². The van der Waals surface area contributed by atoms with E-state index in [1.165, 1.54) is 0 Å². The van der Waals surface area contributed by atoms with Gasteiger partial charge in [-0.15, -0.1) is 0 Å². The van der Waals surface area contributed by atoms with Crippen molar-refractivity contribution >= 4 is 50.2 Å². The number of imidazole rings is 1. The Morgan fingerprint density at radius 3 is 2.59 bits per heavy atom. The van der Waals surface area contributed by atoms with Gasteiger partial charge in [0, 0.05) is 16.8 Å². The summed E-state index contributed by atoms with van der Waals surface area (Å²) in [5, 5.41) is 2.84. The van der Waals surface area contributed by atoms with Crippen molar-refractivity contribution in [1.29, 1.82) is 0 Å². The SMILES string of the molecule is Clc1cc2nc3nc4ccccc4cc3n2c2ccccc12. The summed E-state index contributed by atoms with van der Waals surface area (Å²) in [7, 11) is 0. The van der Waals surface area contributed by atoms with Gasteiger partial charge in [-0.05, 0) is 18.2 Å². The summed E-state index contributed by atoms with van der Waals surface area (Å²) in [5.74, 6) is 0. The third-order valence-corrected chi connectivity index (χ3v) is 4.35. The number of para-hydroxylation sites is 2. The van der Waals surface area contributed by atoms with Gasteiger partial charge in [0.1, 0.15) is 5.65 Å². The fraction of sp³-hybridized carbons (Fsp3) is 0. The first kappa shape index (κ1) is 12.0. The van der Waals surface area contributed by atoms with Crippen LogP contribution in [-0.2, 0) is 0 Å². The van der Waals surface area contributed by atoms with E-state index in [0.717, 1.165) is 38.6 Å². The van der Waals surface area contributed by atoms with Crippen LogP contribution < -0.4 is 0 Å². The monoisotopic (exact) mass is 303 g/mol. The predicted molar refractivity (Wildman–Crippen MR) is 90.5 cm³/mol. The van der Waals surface area contributed by atoms with Crippen LogP contribution in [-0.4, -0.2) is 14.4 Å². The van der Waals surface area contributed by atoms with E-state index < -0.39 is 0 Å². The van der Waals surface area contributed by atoms with Gasteiger partial charge in [0.15, 0.2) is 5.65 Å². The Hall–Kier alpha value is -2.65. The van der Waals surface area contributed by atoms with E-state index in [9.17, 15) is 0 Å². The molecule has 0 aliphatic heterocycles. The predicted octanol–water partition coefficient (Wildman–Crippen LogP) is 4.84. The Morgan fingerprint density at radius 1 is 0.818 bits per heavy atom. The number of nitrogens with zero attached hydrogens (tertiary/aromatic N) is 3. The van der Waals surface area contributed by atoms with Crippen LogP contribution in [0.2, 0.25) is 5.02 Å². The molecule has 2 aromatic carbocycles. The molecule has 3 aromatic heterocycles. The van der Waals surface area contributed by atoms with Crippen molar-refractivity contribution < 1.29 is 0 Å². The van der Waals surface area contributed by atoms with Crippen molar-refractivity contribution in [2.24, 2.45) is 0 Å². The highest BCUT2D eigenvalue weighted by atomic mass is 35.5. The van der Waals surface area contributed by atoms with Gasteiger partial charge in [-0.2, -0.15) is 0 Å². The highest BCUT2D eigenvalue weighted by Gasteiger charge is 2.12. The summed E-state index contributed by atoms with van der Waals surface area (Å²) in [6.45, 7) is 0. The summed E-state index contributed by atoms with van der Waals surface area (Å²) in [4.78, 5) is 9.32. The quantitative estimate of drug-likeness (QED) is 0.409. The van der Waals surface area contributed by atoms with Crippen LogP contribution in [0.4, 0.5) is 0 Å². The Bertz CT molecular complexity index is 1190. The summed E-state index contributed by atoms with van der Waals surface area (Å²) < 4.78 is 2.12. The molecular formula is C18H10ClN3. The molecule has 4 heteroatoms. The molecular weight excluding hydrogens is 294 g/mol. The lowest BCUT2D eigenvalue weighted by atomic mass is 10.2. The molecule has 0 aliphatic rings. The van der Waals surface area contributed by atoms with E-state index in [4.69, 9.17) is 11.6 Å². The smallest absolute Gasteiger partial charge is 0.179 e. The van der Waals surface area contributed by atoms with Crippen LogP contribution in [0.5, 0.6) is 0 Å². The van der Waals surface area contributed by atoms with Crippen LogP contribution in [0.1, 0.15) is 0 Å². The number of hydrogen-bond donors (Lipinski definition) is 0. The summed E-state index contributed by atoms with van der Waals surface area (Å²) in [5.41, 5.74) is 4.56. The second kappa shape index (κ2) is 4.18. The number of benzene rings is 2. The van der Waals surface area contributed by atoms with Crippen LogP contribution >= 0.6 is 11.6 Å². The van der Waals surface area contributed by atoms with E-state index in [1.807, 2.05) is 42.5 Å². The first-order chi connectivity index (χ1) is 10.8. The molecule has 0 radical (unpaired) electrons. The number of fused-ring (bicyclic) bond motifs is 6. The van der Waals surface area contributed by atoms with Crippen molar-refractivity contribution in [3.63, 3.8) is 0 Å². The first-order valence-corrected chi connectivity index (χ1v) is 7.44. The maximum Gasteiger partial charge on any atom is 0.179 e. The molecule has 0 N–H and O–H groups in total. The largest absolute Gasteiger partial charge is 0.290 e. The van der Waals surface area contributed by atoms with E-state index in [2.05, 4.69) is 32.6 Å². The Balaban J connectivity index is 2.09. The van der Waals surface area contributed by atoms with Crippen LogP contribution in [0.3, 0.4) is 0 Å². The topological polar surface area (TPSA) is 30.2 Å². The molecule has 0 spiro atoms. The second-order valence-corrected chi connectivity index (χ2v) is 5.75. The lowest BCUT2D eigenvalue weighted by Crippen LogP contribution is -1.89. The van der Waals surface area contributed by atoms with E-state index in [1.54, 1.807) is 0 Å². The number of aromatic nitrogens is 3.